The second-order valence-corrected chi connectivity index (χ2v) is 8.07. The summed E-state index contributed by atoms with van der Waals surface area (Å²) >= 11 is 5.58. The Labute approximate surface area is 135 Å². The van der Waals surface area contributed by atoms with Crippen LogP contribution >= 0.6 is 6.64 Å². The molecule has 0 fully saturated rings. The maximum atomic E-state index is 12.5. The summed E-state index contributed by atoms with van der Waals surface area (Å²) in [6.45, 7) is 10.9. The molecule has 126 valence electrons. The second-order valence-electron chi connectivity index (χ2n) is 4.67. The quantitative estimate of drug-likeness (QED) is 0.511. The van der Waals surface area contributed by atoms with E-state index in [0.29, 0.717) is 19.8 Å². The molecule has 0 aliphatic rings. The molecule has 0 radical (unpaired) electrons. The van der Waals surface area contributed by atoms with E-state index in [9.17, 15) is 4.79 Å². The molecule has 0 saturated carbocycles. The molecular formula is C14H31N2O3PS. The molecule has 0 atom stereocenters. The topological polar surface area (TPSA) is 42.0 Å². The highest BCUT2D eigenvalue weighted by Crippen LogP contribution is 2.51. The maximum Gasteiger partial charge on any atom is 0.264 e. The van der Waals surface area contributed by atoms with Crippen LogP contribution in [0, 0.1) is 0 Å². The average molecular weight is 338 g/mol. The maximum absolute atomic E-state index is 12.5. The Morgan fingerprint density at radius 1 is 1.00 bits per heavy atom. The number of carbonyl (C=O) groups is 1. The molecule has 1 amide bonds. The van der Waals surface area contributed by atoms with E-state index in [4.69, 9.17) is 20.9 Å². The van der Waals surface area contributed by atoms with E-state index in [-0.39, 0.29) is 12.5 Å². The molecule has 0 spiro atoms. The van der Waals surface area contributed by atoms with Crippen molar-refractivity contribution < 1.29 is 13.8 Å². The number of hydrogen-bond donors (Lipinski definition) is 0. The van der Waals surface area contributed by atoms with Crippen molar-refractivity contribution in [3.05, 3.63) is 0 Å². The minimum Gasteiger partial charge on any atom is -0.342 e. The van der Waals surface area contributed by atoms with Crippen LogP contribution in [0.15, 0.2) is 0 Å². The fraction of sp³-hybridized carbons (Fsp3) is 0.929. The summed E-state index contributed by atoms with van der Waals surface area (Å²) < 4.78 is 13.2. The van der Waals surface area contributed by atoms with Crippen molar-refractivity contribution in [3.8, 4) is 0 Å². The molecule has 0 aromatic rings. The molecule has 0 bridgehead atoms. The van der Waals surface area contributed by atoms with Crippen molar-refractivity contribution in [2.45, 2.75) is 47.5 Å². The molecule has 0 N–H and O–H groups in total. The summed E-state index contributed by atoms with van der Waals surface area (Å²) in [7, 11) is 0. The van der Waals surface area contributed by atoms with E-state index in [1.165, 1.54) is 0 Å². The Kier molecular flexibility index (Phi) is 11.6. The Hall–Kier alpha value is -0.0000000000000000694. The average Bonchev–Trinajstić information content (AvgIpc) is 2.44. The van der Waals surface area contributed by atoms with Gasteiger partial charge in [0.2, 0.25) is 5.91 Å². The van der Waals surface area contributed by atoms with Gasteiger partial charge in [-0.1, -0.05) is 20.8 Å². The van der Waals surface area contributed by atoms with Crippen molar-refractivity contribution in [2.24, 2.45) is 0 Å². The summed E-state index contributed by atoms with van der Waals surface area (Å²) in [5.74, 6) is 0.106. The van der Waals surface area contributed by atoms with Crippen LogP contribution in [0.25, 0.3) is 0 Å². The molecule has 0 unspecified atom stereocenters. The number of carbonyl (C=O) groups excluding carboxylic acids is 1. The molecular weight excluding hydrogens is 307 g/mol. The third-order valence-electron chi connectivity index (χ3n) is 2.95. The lowest BCUT2D eigenvalue weighted by molar-refractivity contribution is -0.131. The van der Waals surface area contributed by atoms with Gasteiger partial charge in [-0.2, -0.15) is 0 Å². The zero-order chi connectivity index (χ0) is 16.3. The second kappa shape index (κ2) is 11.6. The standard InChI is InChI=1S/C14H31N2O3PS/c1-6-11-15(12-7-2)14(17)13-16(8-3)20(21,18-9-4)19-10-5/h6-13H2,1-5H3. The zero-order valence-corrected chi connectivity index (χ0v) is 15.8. The van der Waals surface area contributed by atoms with Crippen LogP contribution in [-0.4, -0.2) is 54.9 Å². The lowest BCUT2D eigenvalue weighted by Crippen LogP contribution is -2.40. The molecule has 0 aliphatic heterocycles. The molecule has 0 aliphatic carbocycles. The first-order chi connectivity index (χ1) is 9.98. The molecule has 7 heteroatoms. The molecule has 0 aromatic carbocycles. The van der Waals surface area contributed by atoms with Gasteiger partial charge >= 0.3 is 0 Å². The monoisotopic (exact) mass is 338 g/mol. The lowest BCUT2D eigenvalue weighted by atomic mass is 10.3. The largest absolute Gasteiger partial charge is 0.342 e. The normalized spacial score (nSPS) is 11.9. The Balaban J connectivity index is 4.92. The van der Waals surface area contributed by atoms with E-state index in [1.807, 2.05) is 30.3 Å². The number of likely N-dealkylation sites (N-methyl/N-ethyl adjacent to an activating group) is 1. The third kappa shape index (κ3) is 7.20. The van der Waals surface area contributed by atoms with Crippen molar-refractivity contribution in [1.82, 2.24) is 9.57 Å². The molecule has 0 saturated heterocycles. The van der Waals surface area contributed by atoms with E-state index >= 15 is 0 Å². The van der Waals surface area contributed by atoms with Crippen LogP contribution < -0.4 is 0 Å². The van der Waals surface area contributed by atoms with Gasteiger partial charge in [0.25, 0.3) is 6.64 Å². The summed E-state index contributed by atoms with van der Waals surface area (Å²) in [5, 5.41) is 0. The fourth-order valence-electron chi connectivity index (χ4n) is 2.06. The fourth-order valence-corrected chi connectivity index (χ4v) is 4.90. The van der Waals surface area contributed by atoms with Crippen LogP contribution in [0.2, 0.25) is 0 Å². The third-order valence-corrected chi connectivity index (χ3v) is 6.56. The number of rotatable bonds is 12. The van der Waals surface area contributed by atoms with Crippen LogP contribution in [-0.2, 0) is 25.6 Å². The number of hydrogen-bond acceptors (Lipinski definition) is 4. The Morgan fingerprint density at radius 3 is 1.81 bits per heavy atom. The van der Waals surface area contributed by atoms with Crippen molar-refractivity contribution in [2.75, 3.05) is 39.4 Å². The van der Waals surface area contributed by atoms with Crippen LogP contribution in [0.3, 0.4) is 0 Å². The smallest absolute Gasteiger partial charge is 0.264 e. The molecule has 5 nitrogen and oxygen atoms in total. The van der Waals surface area contributed by atoms with Crippen molar-refractivity contribution >= 4 is 24.4 Å². The highest BCUT2D eigenvalue weighted by Gasteiger charge is 2.29. The van der Waals surface area contributed by atoms with E-state index < -0.39 is 6.64 Å². The van der Waals surface area contributed by atoms with Crippen LogP contribution in [0.4, 0.5) is 0 Å². The SMILES string of the molecule is CCCN(CCC)C(=O)CN(CC)P(=S)(OCC)OCC. The van der Waals surface area contributed by atoms with Crippen LogP contribution in [0.5, 0.6) is 0 Å². The van der Waals surface area contributed by atoms with Gasteiger partial charge < -0.3 is 13.9 Å². The highest BCUT2D eigenvalue weighted by molar-refractivity contribution is 8.08. The molecule has 0 aromatic heterocycles. The minimum absolute atomic E-state index is 0.106. The first kappa shape index (κ1) is 21.0. The number of nitrogens with zero attached hydrogens (tertiary/aromatic N) is 2. The van der Waals surface area contributed by atoms with E-state index in [0.717, 1.165) is 25.9 Å². The van der Waals surface area contributed by atoms with Gasteiger partial charge in [-0.15, -0.1) is 0 Å². The van der Waals surface area contributed by atoms with Gasteiger partial charge in [-0.25, -0.2) is 4.67 Å². The van der Waals surface area contributed by atoms with E-state index in [2.05, 4.69) is 13.8 Å². The summed E-state index contributed by atoms with van der Waals surface area (Å²) in [5.41, 5.74) is 0. The predicted octanol–water partition coefficient (Wildman–Crippen LogP) is 3.25. The van der Waals surface area contributed by atoms with E-state index in [1.54, 1.807) is 0 Å². The highest BCUT2D eigenvalue weighted by atomic mass is 32.5. The first-order valence-corrected chi connectivity index (χ1v) is 10.5. The Morgan fingerprint density at radius 2 is 1.48 bits per heavy atom. The summed E-state index contributed by atoms with van der Waals surface area (Å²) in [6, 6.07) is 0. The van der Waals surface area contributed by atoms with Gasteiger partial charge in [-0.05, 0) is 38.5 Å². The van der Waals surface area contributed by atoms with Gasteiger partial charge in [0.1, 0.15) is 0 Å². The molecule has 21 heavy (non-hydrogen) atoms. The van der Waals surface area contributed by atoms with Gasteiger partial charge in [-0.3, -0.25) is 4.79 Å². The van der Waals surface area contributed by atoms with Gasteiger partial charge in [0, 0.05) is 19.6 Å². The summed E-state index contributed by atoms with van der Waals surface area (Å²) in [4.78, 5) is 14.4. The first-order valence-electron chi connectivity index (χ1n) is 7.91. The van der Waals surface area contributed by atoms with Crippen LogP contribution in [0.1, 0.15) is 47.5 Å². The van der Waals surface area contributed by atoms with Gasteiger partial charge in [0.15, 0.2) is 0 Å². The molecule has 0 rings (SSSR count). The van der Waals surface area contributed by atoms with Crippen molar-refractivity contribution in [3.63, 3.8) is 0 Å². The summed E-state index contributed by atoms with van der Waals surface area (Å²) in [6.07, 6.45) is 1.92. The van der Waals surface area contributed by atoms with Crippen molar-refractivity contribution in [1.29, 1.82) is 0 Å². The lowest BCUT2D eigenvalue weighted by Gasteiger charge is -2.33. The minimum atomic E-state index is -2.54. The predicted molar refractivity (Wildman–Crippen MR) is 91.9 cm³/mol. The zero-order valence-electron chi connectivity index (χ0n) is 14.1. The Bertz CT molecular complexity index is 326. The van der Waals surface area contributed by atoms with Gasteiger partial charge in [0.05, 0.1) is 19.8 Å². The number of amides is 1. The molecule has 0 heterocycles.